The highest BCUT2D eigenvalue weighted by atomic mass is 32.2. The molecule has 0 spiro atoms. The van der Waals surface area contributed by atoms with E-state index in [-0.39, 0.29) is 11.3 Å². The van der Waals surface area contributed by atoms with Gasteiger partial charge in [-0.3, -0.25) is 9.78 Å². The van der Waals surface area contributed by atoms with Gasteiger partial charge in [-0.15, -0.1) is 11.8 Å². The molecule has 0 saturated carbocycles. The Morgan fingerprint density at radius 1 is 1.52 bits per heavy atom. The van der Waals surface area contributed by atoms with E-state index < -0.39 is 0 Å². The number of pyridine rings is 1. The molecule has 1 atom stereocenters. The molecule has 3 rings (SSSR count). The molecule has 0 aliphatic carbocycles. The van der Waals surface area contributed by atoms with Gasteiger partial charge in [0.15, 0.2) is 0 Å². The van der Waals surface area contributed by atoms with Gasteiger partial charge in [0, 0.05) is 42.1 Å². The van der Waals surface area contributed by atoms with E-state index in [1.165, 1.54) is 5.56 Å². The number of hydrogen-bond donors (Lipinski definition) is 1. The fourth-order valence-electron chi connectivity index (χ4n) is 2.55. The fourth-order valence-corrected chi connectivity index (χ4v) is 3.86. The molecule has 0 bridgehead atoms. The molecular weight excluding hydrogens is 282 g/mol. The summed E-state index contributed by atoms with van der Waals surface area (Å²) in [4.78, 5) is 16.4. The number of amides is 1. The van der Waals surface area contributed by atoms with Gasteiger partial charge in [-0.25, -0.2) is 0 Å². The lowest BCUT2D eigenvalue weighted by Gasteiger charge is -2.12. The van der Waals surface area contributed by atoms with E-state index in [0.29, 0.717) is 0 Å². The maximum atomic E-state index is 12.2. The van der Waals surface area contributed by atoms with Gasteiger partial charge in [0.2, 0.25) is 0 Å². The van der Waals surface area contributed by atoms with E-state index in [1.54, 1.807) is 6.20 Å². The molecule has 0 fully saturated rings. The topological polar surface area (TPSA) is 46.9 Å². The Morgan fingerprint density at radius 2 is 2.43 bits per heavy atom. The first kappa shape index (κ1) is 14.2. The molecule has 1 aliphatic heterocycles. The zero-order chi connectivity index (χ0) is 14.7. The number of carbonyl (C=O) groups is 1. The lowest BCUT2D eigenvalue weighted by molar-refractivity contribution is 0.0952. The zero-order valence-corrected chi connectivity index (χ0v) is 12.9. The van der Waals surface area contributed by atoms with Crippen molar-refractivity contribution in [3.05, 3.63) is 53.6 Å². The van der Waals surface area contributed by atoms with Crippen LogP contribution in [0.5, 0.6) is 0 Å². The Hall–Kier alpha value is -1.75. The van der Waals surface area contributed by atoms with E-state index >= 15 is 0 Å². The molecule has 4 nitrogen and oxygen atoms in total. The summed E-state index contributed by atoms with van der Waals surface area (Å²) >= 11 is 1.83. The molecule has 3 heterocycles. The normalized spacial score (nSPS) is 16.7. The minimum atomic E-state index is 0.0460. The predicted molar refractivity (Wildman–Crippen MR) is 85.3 cm³/mol. The molecular formula is C16H19N3OS. The van der Waals surface area contributed by atoms with Gasteiger partial charge in [0.25, 0.3) is 5.91 Å². The summed E-state index contributed by atoms with van der Waals surface area (Å²) in [6, 6.07) is 5.97. The summed E-state index contributed by atoms with van der Waals surface area (Å²) in [6.45, 7) is 2.87. The molecule has 1 unspecified atom stereocenters. The Labute approximate surface area is 129 Å². The molecule has 0 radical (unpaired) electrons. The van der Waals surface area contributed by atoms with Crippen molar-refractivity contribution < 1.29 is 4.79 Å². The molecule has 2 aromatic heterocycles. The van der Waals surface area contributed by atoms with Gasteiger partial charge in [-0.05, 0) is 18.6 Å². The van der Waals surface area contributed by atoms with Crippen molar-refractivity contribution in [3.8, 4) is 0 Å². The number of unbranched alkanes of at least 4 members (excludes halogenated alkanes) is 1. The monoisotopic (exact) mass is 301 g/mol. The Bertz CT molecular complexity index is 624. The van der Waals surface area contributed by atoms with Crippen LogP contribution in [-0.4, -0.2) is 22.0 Å². The highest BCUT2D eigenvalue weighted by Crippen LogP contribution is 2.41. The van der Waals surface area contributed by atoms with Gasteiger partial charge < -0.3 is 9.88 Å². The third-order valence-electron chi connectivity index (χ3n) is 3.69. The SMILES string of the molecule is CCCCNC(=O)c1ccn2c1CSC2c1cccnc1. The number of aromatic nitrogens is 2. The third-order valence-corrected chi connectivity index (χ3v) is 4.94. The van der Waals surface area contributed by atoms with Gasteiger partial charge in [-0.2, -0.15) is 0 Å². The fraction of sp³-hybridized carbons (Fsp3) is 0.375. The van der Waals surface area contributed by atoms with Crippen LogP contribution in [0.15, 0.2) is 36.8 Å². The molecule has 1 amide bonds. The van der Waals surface area contributed by atoms with Gasteiger partial charge in [0.1, 0.15) is 5.37 Å². The zero-order valence-electron chi connectivity index (χ0n) is 12.1. The maximum Gasteiger partial charge on any atom is 0.253 e. The van der Waals surface area contributed by atoms with Crippen LogP contribution in [0.3, 0.4) is 0 Å². The van der Waals surface area contributed by atoms with Crippen LogP contribution in [0.25, 0.3) is 0 Å². The average Bonchev–Trinajstić information content (AvgIpc) is 3.09. The maximum absolute atomic E-state index is 12.2. The smallest absolute Gasteiger partial charge is 0.253 e. The van der Waals surface area contributed by atoms with Gasteiger partial charge in [-0.1, -0.05) is 19.4 Å². The van der Waals surface area contributed by atoms with Crippen molar-refractivity contribution in [2.24, 2.45) is 0 Å². The first-order valence-electron chi connectivity index (χ1n) is 7.30. The second kappa shape index (κ2) is 6.35. The van der Waals surface area contributed by atoms with Crippen LogP contribution in [-0.2, 0) is 5.75 Å². The Kier molecular flexibility index (Phi) is 4.29. The predicted octanol–water partition coefficient (Wildman–Crippen LogP) is 3.21. The lowest BCUT2D eigenvalue weighted by atomic mass is 10.2. The highest BCUT2D eigenvalue weighted by Gasteiger charge is 2.28. The van der Waals surface area contributed by atoms with E-state index in [4.69, 9.17) is 0 Å². The number of nitrogens with zero attached hydrogens (tertiary/aromatic N) is 2. The van der Waals surface area contributed by atoms with Crippen LogP contribution < -0.4 is 5.32 Å². The molecule has 1 aliphatic rings. The van der Waals surface area contributed by atoms with Crippen molar-refractivity contribution in [2.75, 3.05) is 6.54 Å². The standard InChI is InChI=1S/C16H19N3OS/c1-2-3-8-18-15(20)13-6-9-19-14(13)11-21-16(19)12-5-4-7-17-10-12/h4-7,9-10,16H,2-3,8,11H2,1H3,(H,18,20). The van der Waals surface area contributed by atoms with Crippen molar-refractivity contribution in [2.45, 2.75) is 30.9 Å². The third kappa shape index (κ3) is 2.83. The number of thioether (sulfide) groups is 1. The van der Waals surface area contributed by atoms with Crippen LogP contribution in [0.2, 0.25) is 0 Å². The average molecular weight is 301 g/mol. The van der Waals surface area contributed by atoms with E-state index in [1.807, 2.05) is 36.3 Å². The molecule has 0 saturated heterocycles. The number of carbonyl (C=O) groups excluding carboxylic acids is 1. The van der Waals surface area contributed by atoms with Gasteiger partial charge >= 0.3 is 0 Å². The van der Waals surface area contributed by atoms with Crippen molar-refractivity contribution in [1.82, 2.24) is 14.9 Å². The van der Waals surface area contributed by atoms with Crippen LogP contribution in [0.1, 0.15) is 46.8 Å². The second-order valence-corrected chi connectivity index (χ2v) is 6.21. The number of rotatable bonds is 5. The van der Waals surface area contributed by atoms with Crippen molar-refractivity contribution >= 4 is 17.7 Å². The Morgan fingerprint density at radius 3 is 3.19 bits per heavy atom. The molecule has 2 aromatic rings. The summed E-state index contributed by atoms with van der Waals surface area (Å²) < 4.78 is 2.19. The number of nitrogens with one attached hydrogen (secondary N) is 1. The molecule has 21 heavy (non-hydrogen) atoms. The van der Waals surface area contributed by atoms with E-state index in [2.05, 4.69) is 27.9 Å². The van der Waals surface area contributed by atoms with Crippen molar-refractivity contribution in [1.29, 1.82) is 0 Å². The molecule has 5 heteroatoms. The lowest BCUT2D eigenvalue weighted by Crippen LogP contribution is -2.24. The minimum Gasteiger partial charge on any atom is -0.352 e. The van der Waals surface area contributed by atoms with Gasteiger partial charge in [0.05, 0.1) is 5.56 Å². The van der Waals surface area contributed by atoms with E-state index in [0.717, 1.165) is 36.4 Å². The summed E-state index contributed by atoms with van der Waals surface area (Å²) in [5, 5.41) is 3.22. The van der Waals surface area contributed by atoms with E-state index in [9.17, 15) is 4.79 Å². The quantitative estimate of drug-likeness (QED) is 0.863. The molecule has 0 aromatic carbocycles. The van der Waals surface area contributed by atoms with Crippen LogP contribution in [0.4, 0.5) is 0 Å². The van der Waals surface area contributed by atoms with Crippen LogP contribution >= 0.6 is 11.8 Å². The molecule has 110 valence electrons. The second-order valence-electron chi connectivity index (χ2n) is 5.14. The number of hydrogen-bond acceptors (Lipinski definition) is 3. The first-order valence-corrected chi connectivity index (χ1v) is 8.35. The number of fused-ring (bicyclic) bond motifs is 1. The van der Waals surface area contributed by atoms with Crippen molar-refractivity contribution in [3.63, 3.8) is 0 Å². The minimum absolute atomic E-state index is 0.0460. The summed E-state index contributed by atoms with van der Waals surface area (Å²) in [7, 11) is 0. The largest absolute Gasteiger partial charge is 0.352 e. The first-order chi connectivity index (χ1) is 10.3. The van der Waals surface area contributed by atoms with Crippen LogP contribution in [0, 0.1) is 0 Å². The Balaban J connectivity index is 1.78. The summed E-state index contributed by atoms with van der Waals surface area (Å²) in [5.41, 5.74) is 3.10. The molecule has 1 N–H and O–H groups in total. The highest BCUT2D eigenvalue weighted by molar-refractivity contribution is 7.99. The summed E-state index contributed by atoms with van der Waals surface area (Å²) in [5.74, 6) is 0.910. The summed E-state index contributed by atoms with van der Waals surface area (Å²) in [6.07, 6.45) is 7.81.